The Morgan fingerprint density at radius 3 is 2.11 bits per heavy atom. The number of hydrogen-bond acceptors (Lipinski definition) is 3. The zero-order valence-electron chi connectivity index (χ0n) is 17.0. The Balaban J connectivity index is 1.61. The molecule has 0 bridgehead atoms. The average molecular weight is 397 g/mol. The van der Waals surface area contributed by atoms with Crippen LogP contribution in [0.5, 0.6) is 11.5 Å². The predicted octanol–water partition coefficient (Wildman–Crippen LogP) is 7.14. The fourth-order valence-electron chi connectivity index (χ4n) is 3.97. The van der Waals surface area contributed by atoms with E-state index in [2.05, 4.69) is 11.7 Å². The highest BCUT2D eigenvalue weighted by molar-refractivity contribution is 5.75. The normalized spacial score (nSPS) is 19.6. The van der Waals surface area contributed by atoms with Crippen molar-refractivity contribution in [3.63, 3.8) is 0 Å². The summed E-state index contributed by atoms with van der Waals surface area (Å²) in [6.45, 7) is -0.613. The number of unbranched alkanes of at least 4 members (excludes halogenated alkanes) is 6. The molecule has 0 unspecified atom stereocenters. The van der Waals surface area contributed by atoms with Crippen molar-refractivity contribution in [3.8, 4) is 11.5 Å². The van der Waals surface area contributed by atoms with Gasteiger partial charge in [0, 0.05) is 0 Å². The predicted molar refractivity (Wildman–Crippen MR) is 107 cm³/mol. The van der Waals surface area contributed by atoms with Crippen LogP contribution in [-0.4, -0.2) is 12.6 Å². The lowest BCUT2D eigenvalue weighted by Gasteiger charge is -2.27. The van der Waals surface area contributed by atoms with E-state index in [0.29, 0.717) is 5.75 Å². The number of ether oxygens (including phenoxy) is 2. The lowest BCUT2D eigenvalue weighted by molar-refractivity contribution is -0.140. The summed E-state index contributed by atoms with van der Waals surface area (Å²) in [5.41, 5.74) is 0. The number of carbonyl (C=O) groups excluding carboxylic acids is 1. The van der Waals surface area contributed by atoms with Crippen LogP contribution in [-0.2, 0) is 4.79 Å². The summed E-state index contributed by atoms with van der Waals surface area (Å²) < 4.78 is 34.0. The van der Waals surface area contributed by atoms with Crippen LogP contribution in [0.3, 0.4) is 0 Å². The van der Waals surface area contributed by atoms with Crippen LogP contribution in [0.25, 0.3) is 0 Å². The molecular formula is C23H34F2O3. The molecule has 28 heavy (non-hydrogen) atoms. The highest BCUT2D eigenvalue weighted by atomic mass is 19.3. The van der Waals surface area contributed by atoms with E-state index in [4.69, 9.17) is 4.74 Å². The summed E-state index contributed by atoms with van der Waals surface area (Å²) in [5.74, 6) is 0.905. The van der Waals surface area contributed by atoms with Gasteiger partial charge in [-0.25, -0.2) is 0 Å². The van der Waals surface area contributed by atoms with E-state index in [1.54, 1.807) is 0 Å². The SMILES string of the molecule is CCCCCCCCC[C@H]1CC[C@H](C(=O)Oc2ccc(OC(F)F)cc2)CC1. The topological polar surface area (TPSA) is 35.5 Å². The van der Waals surface area contributed by atoms with Crippen molar-refractivity contribution < 1.29 is 23.0 Å². The molecular weight excluding hydrogens is 362 g/mol. The fourth-order valence-corrected chi connectivity index (χ4v) is 3.97. The molecule has 2 rings (SSSR count). The monoisotopic (exact) mass is 396 g/mol. The van der Waals surface area contributed by atoms with Crippen LogP contribution in [0, 0.1) is 11.8 Å². The van der Waals surface area contributed by atoms with Crippen molar-refractivity contribution in [2.45, 2.75) is 90.6 Å². The van der Waals surface area contributed by atoms with Gasteiger partial charge in [0.2, 0.25) is 0 Å². The smallest absolute Gasteiger partial charge is 0.387 e. The lowest BCUT2D eigenvalue weighted by atomic mass is 9.80. The maximum Gasteiger partial charge on any atom is 0.387 e. The number of hydrogen-bond donors (Lipinski definition) is 0. The summed E-state index contributed by atoms with van der Waals surface area (Å²) in [6.07, 6.45) is 14.6. The number of halogens is 2. The van der Waals surface area contributed by atoms with Crippen molar-refractivity contribution in [1.29, 1.82) is 0 Å². The van der Waals surface area contributed by atoms with Gasteiger partial charge in [-0.05, 0) is 55.9 Å². The van der Waals surface area contributed by atoms with E-state index in [-0.39, 0.29) is 17.6 Å². The Hall–Kier alpha value is -1.65. The highest BCUT2D eigenvalue weighted by Crippen LogP contribution is 2.33. The van der Waals surface area contributed by atoms with E-state index >= 15 is 0 Å². The number of rotatable bonds is 12. The van der Waals surface area contributed by atoms with Gasteiger partial charge < -0.3 is 9.47 Å². The van der Waals surface area contributed by atoms with Crippen LogP contribution >= 0.6 is 0 Å². The molecule has 1 saturated carbocycles. The number of esters is 1. The molecule has 1 aromatic rings. The lowest BCUT2D eigenvalue weighted by Crippen LogP contribution is -2.25. The number of benzene rings is 1. The Morgan fingerprint density at radius 1 is 0.929 bits per heavy atom. The zero-order valence-corrected chi connectivity index (χ0v) is 17.0. The van der Waals surface area contributed by atoms with Gasteiger partial charge in [0.1, 0.15) is 11.5 Å². The molecule has 0 aromatic heterocycles. The Kier molecular flexibility index (Phi) is 10.3. The minimum atomic E-state index is -2.86. The van der Waals surface area contributed by atoms with Crippen LogP contribution in [0.4, 0.5) is 8.78 Å². The third-order valence-corrected chi connectivity index (χ3v) is 5.66. The first kappa shape index (κ1) is 22.6. The van der Waals surface area contributed by atoms with Gasteiger partial charge in [-0.1, -0.05) is 58.3 Å². The summed E-state index contributed by atoms with van der Waals surface area (Å²) in [4.78, 5) is 12.3. The van der Waals surface area contributed by atoms with Gasteiger partial charge in [-0.3, -0.25) is 4.79 Å². The second-order valence-corrected chi connectivity index (χ2v) is 7.90. The molecule has 3 nitrogen and oxygen atoms in total. The maximum atomic E-state index is 12.3. The standard InChI is InChI=1S/C23H34F2O3/c1-2-3-4-5-6-7-8-9-18-10-12-19(13-11-18)22(26)27-20-14-16-21(17-15-20)28-23(24)25/h14-19,23H,2-13H2,1H3/t18-,19-. The summed E-state index contributed by atoms with van der Waals surface area (Å²) in [5, 5.41) is 0. The Bertz CT molecular complexity index is 551. The van der Waals surface area contributed by atoms with Gasteiger partial charge in [-0.2, -0.15) is 8.78 Å². The summed E-state index contributed by atoms with van der Waals surface area (Å²) in [7, 11) is 0. The van der Waals surface area contributed by atoms with E-state index in [1.165, 1.54) is 75.6 Å². The summed E-state index contributed by atoms with van der Waals surface area (Å²) >= 11 is 0. The maximum absolute atomic E-state index is 12.3. The van der Waals surface area contributed by atoms with Crippen molar-refractivity contribution in [2.24, 2.45) is 11.8 Å². The summed E-state index contributed by atoms with van der Waals surface area (Å²) in [6, 6.07) is 5.74. The van der Waals surface area contributed by atoms with Crippen LogP contribution in [0.1, 0.15) is 84.0 Å². The molecule has 1 fully saturated rings. The molecule has 0 spiro atoms. The van der Waals surface area contributed by atoms with E-state index in [1.807, 2.05) is 0 Å². The zero-order chi connectivity index (χ0) is 20.2. The minimum Gasteiger partial charge on any atom is -0.435 e. The van der Waals surface area contributed by atoms with Crippen LogP contribution in [0.15, 0.2) is 24.3 Å². The average Bonchev–Trinajstić information content (AvgIpc) is 2.69. The van der Waals surface area contributed by atoms with Crippen LogP contribution < -0.4 is 9.47 Å². The van der Waals surface area contributed by atoms with Gasteiger partial charge >= 0.3 is 12.6 Å². The van der Waals surface area contributed by atoms with Crippen molar-refractivity contribution in [1.82, 2.24) is 0 Å². The highest BCUT2D eigenvalue weighted by Gasteiger charge is 2.27. The number of alkyl halides is 2. The molecule has 0 amide bonds. The first-order chi connectivity index (χ1) is 13.6. The van der Waals surface area contributed by atoms with Gasteiger partial charge in [0.25, 0.3) is 0 Å². The van der Waals surface area contributed by atoms with Crippen molar-refractivity contribution in [3.05, 3.63) is 24.3 Å². The molecule has 1 aromatic carbocycles. The number of carbonyl (C=O) groups is 1. The van der Waals surface area contributed by atoms with Gasteiger partial charge in [-0.15, -0.1) is 0 Å². The first-order valence-corrected chi connectivity index (χ1v) is 10.8. The van der Waals surface area contributed by atoms with E-state index < -0.39 is 6.61 Å². The molecule has 5 heteroatoms. The third-order valence-electron chi connectivity index (χ3n) is 5.66. The molecule has 0 atom stereocenters. The molecule has 0 N–H and O–H groups in total. The molecule has 1 aliphatic carbocycles. The second kappa shape index (κ2) is 12.7. The van der Waals surface area contributed by atoms with Crippen molar-refractivity contribution >= 4 is 5.97 Å². The molecule has 0 aliphatic heterocycles. The molecule has 0 heterocycles. The van der Waals surface area contributed by atoms with Crippen molar-refractivity contribution in [2.75, 3.05) is 0 Å². The molecule has 158 valence electrons. The third kappa shape index (κ3) is 8.57. The largest absolute Gasteiger partial charge is 0.435 e. The molecule has 1 aliphatic rings. The second-order valence-electron chi connectivity index (χ2n) is 7.90. The first-order valence-electron chi connectivity index (χ1n) is 10.8. The molecule has 0 saturated heterocycles. The minimum absolute atomic E-state index is 0.0534. The Morgan fingerprint density at radius 2 is 1.50 bits per heavy atom. The Labute approximate surface area is 167 Å². The van der Waals surface area contributed by atoms with Crippen LogP contribution in [0.2, 0.25) is 0 Å². The van der Waals surface area contributed by atoms with E-state index in [9.17, 15) is 13.6 Å². The fraction of sp³-hybridized carbons (Fsp3) is 0.696. The molecule has 0 radical (unpaired) electrons. The van der Waals surface area contributed by atoms with Gasteiger partial charge in [0.15, 0.2) is 0 Å². The quantitative estimate of drug-likeness (QED) is 0.214. The van der Waals surface area contributed by atoms with E-state index in [0.717, 1.165) is 31.6 Å². The van der Waals surface area contributed by atoms with Gasteiger partial charge in [0.05, 0.1) is 5.92 Å².